The molecule has 0 aromatic heterocycles. The maximum atomic E-state index is 11.1. The van der Waals surface area contributed by atoms with Crippen molar-refractivity contribution in [2.45, 2.75) is 49.6 Å². The van der Waals surface area contributed by atoms with E-state index < -0.39 is 61.1 Å². The van der Waals surface area contributed by atoms with E-state index in [0.29, 0.717) is 0 Å². The lowest BCUT2D eigenvalue weighted by molar-refractivity contribution is -0.295. The third-order valence-corrected chi connectivity index (χ3v) is 3.21. The van der Waals surface area contributed by atoms with Gasteiger partial charge in [0.1, 0.15) is 18.3 Å². The Kier molecular flexibility index (Phi) is 5.61. The maximum absolute atomic E-state index is 11.1. The predicted molar refractivity (Wildman–Crippen MR) is 64.8 cm³/mol. The number of carbonyl (C=O) groups is 2. The molecule has 1 aliphatic heterocycles. The topological polar surface area (TPSA) is 177 Å². The van der Waals surface area contributed by atoms with E-state index >= 15 is 0 Å². The van der Waals surface area contributed by atoms with Crippen molar-refractivity contribution in [3.05, 3.63) is 0 Å². The molecule has 0 radical (unpaired) electrons. The van der Waals surface area contributed by atoms with E-state index in [4.69, 9.17) is 14.9 Å². The minimum absolute atomic E-state index is 0.598. The number of hydrogen-bond acceptors (Lipinski definition) is 8. The van der Waals surface area contributed by atoms with Crippen LogP contribution in [-0.4, -0.2) is 85.4 Å². The molecule has 21 heavy (non-hydrogen) atoms. The van der Waals surface area contributed by atoms with Crippen LogP contribution >= 0.6 is 0 Å². The number of rotatable bonds is 5. The van der Waals surface area contributed by atoms with Crippen LogP contribution in [-0.2, 0) is 14.3 Å². The van der Waals surface area contributed by atoms with Crippen molar-refractivity contribution in [2.75, 3.05) is 6.61 Å². The Labute approximate surface area is 119 Å². The summed E-state index contributed by atoms with van der Waals surface area (Å²) in [4.78, 5) is 22.1. The Balaban J connectivity index is 3.07. The van der Waals surface area contributed by atoms with Crippen molar-refractivity contribution >= 4 is 11.9 Å². The minimum atomic E-state index is -2.78. The van der Waals surface area contributed by atoms with E-state index in [9.17, 15) is 30.0 Å². The van der Waals surface area contributed by atoms with Gasteiger partial charge in [-0.2, -0.15) is 0 Å². The van der Waals surface area contributed by atoms with Gasteiger partial charge in [0.05, 0.1) is 18.8 Å². The molecule has 0 saturated carbocycles. The van der Waals surface area contributed by atoms with Crippen LogP contribution in [0.25, 0.3) is 0 Å². The van der Waals surface area contributed by atoms with Gasteiger partial charge in [0.2, 0.25) is 5.91 Å². The van der Waals surface area contributed by atoms with Gasteiger partial charge in [-0.25, -0.2) is 4.79 Å². The van der Waals surface area contributed by atoms with E-state index in [1.807, 2.05) is 0 Å². The Hall–Kier alpha value is -1.30. The Morgan fingerprint density at radius 3 is 2.43 bits per heavy atom. The average molecular weight is 309 g/mol. The molecule has 1 unspecified atom stereocenters. The molecule has 1 fully saturated rings. The van der Waals surface area contributed by atoms with E-state index in [2.05, 4.69) is 5.32 Å². The Bertz CT molecular complexity index is 403. The van der Waals surface area contributed by atoms with Crippen molar-refractivity contribution in [2.24, 2.45) is 0 Å². The highest BCUT2D eigenvalue weighted by molar-refractivity contribution is 5.76. The van der Waals surface area contributed by atoms with E-state index in [-0.39, 0.29) is 0 Å². The summed E-state index contributed by atoms with van der Waals surface area (Å²) in [6, 6.07) is -1.27. The summed E-state index contributed by atoms with van der Waals surface area (Å²) >= 11 is 0. The van der Waals surface area contributed by atoms with Gasteiger partial charge in [-0.3, -0.25) is 4.79 Å². The number of carboxylic acids is 1. The molecular formula is C11H19NO9. The van der Waals surface area contributed by atoms with Crippen molar-refractivity contribution in [3.8, 4) is 0 Å². The van der Waals surface area contributed by atoms with Crippen LogP contribution in [0.1, 0.15) is 13.3 Å². The molecular weight excluding hydrogens is 290 g/mol. The first-order valence-corrected chi connectivity index (χ1v) is 6.18. The summed E-state index contributed by atoms with van der Waals surface area (Å²) in [5, 5.41) is 59.0. The Morgan fingerprint density at radius 2 is 2.00 bits per heavy atom. The van der Waals surface area contributed by atoms with Gasteiger partial charge < -0.3 is 40.7 Å². The average Bonchev–Trinajstić information content (AvgIpc) is 2.39. The molecule has 10 heteroatoms. The first-order chi connectivity index (χ1) is 9.62. The monoisotopic (exact) mass is 309 g/mol. The minimum Gasteiger partial charge on any atom is -0.477 e. The highest BCUT2D eigenvalue weighted by Crippen LogP contribution is 2.30. The van der Waals surface area contributed by atoms with Gasteiger partial charge in [0, 0.05) is 13.3 Å². The van der Waals surface area contributed by atoms with E-state index in [1.54, 1.807) is 0 Å². The number of carbonyl (C=O) groups excluding carboxylic acids is 1. The summed E-state index contributed by atoms with van der Waals surface area (Å²) in [6.07, 6.45) is -7.48. The van der Waals surface area contributed by atoms with Gasteiger partial charge in [-0.05, 0) is 0 Å². The van der Waals surface area contributed by atoms with Gasteiger partial charge >= 0.3 is 5.97 Å². The van der Waals surface area contributed by atoms with Crippen molar-refractivity contribution < 1.29 is 45.0 Å². The largest absolute Gasteiger partial charge is 0.477 e. The predicted octanol–water partition coefficient (Wildman–Crippen LogP) is -3.87. The molecule has 0 spiro atoms. The molecule has 6 atom stereocenters. The lowest BCUT2D eigenvalue weighted by Crippen LogP contribution is -2.67. The highest BCUT2D eigenvalue weighted by Gasteiger charge is 2.53. The summed E-state index contributed by atoms with van der Waals surface area (Å²) in [5.41, 5.74) is 0. The molecule has 0 aromatic rings. The first-order valence-electron chi connectivity index (χ1n) is 6.18. The smallest absolute Gasteiger partial charge is 0.364 e. The number of amides is 1. The maximum Gasteiger partial charge on any atom is 0.364 e. The van der Waals surface area contributed by atoms with Gasteiger partial charge in [0.25, 0.3) is 5.79 Å². The molecule has 1 amide bonds. The summed E-state index contributed by atoms with van der Waals surface area (Å²) in [7, 11) is 0. The molecule has 0 bridgehead atoms. The van der Waals surface area contributed by atoms with Crippen LogP contribution in [0, 0.1) is 0 Å². The van der Waals surface area contributed by atoms with Gasteiger partial charge in [0.15, 0.2) is 0 Å². The van der Waals surface area contributed by atoms with E-state index in [0.717, 1.165) is 6.92 Å². The molecule has 122 valence electrons. The van der Waals surface area contributed by atoms with Crippen LogP contribution in [0.4, 0.5) is 0 Å². The molecule has 0 aliphatic carbocycles. The number of ether oxygens (including phenoxy) is 1. The third-order valence-electron chi connectivity index (χ3n) is 3.21. The molecule has 1 rings (SSSR count). The molecule has 1 heterocycles. The molecule has 10 nitrogen and oxygen atoms in total. The number of nitrogens with one attached hydrogen (secondary N) is 1. The van der Waals surface area contributed by atoms with Gasteiger partial charge in [-0.1, -0.05) is 0 Å². The fourth-order valence-corrected chi connectivity index (χ4v) is 2.14. The fourth-order valence-electron chi connectivity index (χ4n) is 2.14. The van der Waals surface area contributed by atoms with Crippen molar-refractivity contribution in [3.63, 3.8) is 0 Å². The molecule has 0 aromatic carbocycles. The molecule has 1 saturated heterocycles. The number of carboxylic acid groups (broad SMARTS) is 1. The summed E-state index contributed by atoms with van der Waals surface area (Å²) < 4.78 is 4.86. The van der Waals surface area contributed by atoms with E-state index in [1.165, 1.54) is 0 Å². The van der Waals surface area contributed by atoms with Crippen LogP contribution in [0.5, 0.6) is 0 Å². The number of aliphatic hydroxyl groups is 5. The summed E-state index contributed by atoms with van der Waals surface area (Å²) in [5.74, 6) is -5.17. The highest BCUT2D eigenvalue weighted by atomic mass is 16.7. The quantitative estimate of drug-likeness (QED) is 0.268. The van der Waals surface area contributed by atoms with Crippen LogP contribution < -0.4 is 5.32 Å². The zero-order valence-corrected chi connectivity index (χ0v) is 11.2. The second kappa shape index (κ2) is 6.64. The van der Waals surface area contributed by atoms with Crippen molar-refractivity contribution in [1.29, 1.82) is 0 Å². The lowest BCUT2D eigenvalue weighted by Gasteiger charge is -2.44. The van der Waals surface area contributed by atoms with Gasteiger partial charge in [-0.15, -0.1) is 0 Å². The van der Waals surface area contributed by atoms with Crippen LogP contribution in [0.15, 0.2) is 0 Å². The summed E-state index contributed by atoms with van der Waals surface area (Å²) in [6.45, 7) is 0.256. The fraction of sp³-hybridized carbons (Fsp3) is 0.818. The Morgan fingerprint density at radius 1 is 1.43 bits per heavy atom. The van der Waals surface area contributed by atoms with Crippen molar-refractivity contribution in [1.82, 2.24) is 5.32 Å². The lowest BCUT2D eigenvalue weighted by atomic mass is 9.88. The normalized spacial score (nSPS) is 35.8. The first kappa shape index (κ1) is 17.8. The number of aliphatic carboxylic acids is 1. The SMILES string of the molecule is CC(=O)N[C@H]1C([C@H](O)[C@H](O)CO)O[C@](O)(C(=O)O)C[C@@H]1O. The van der Waals surface area contributed by atoms with Crippen LogP contribution in [0.2, 0.25) is 0 Å². The standard InChI is InChI=1S/C11H19NO9/c1-4(14)12-7-5(15)2-11(20,10(18)19)21-9(7)8(17)6(16)3-13/h5-9,13,15-17,20H,2-3H2,1H3,(H,12,14)(H,18,19)/t5-,6+,7+,8+,9?,11-/m0/s1. The number of hydrogen-bond donors (Lipinski definition) is 7. The third kappa shape index (κ3) is 3.87. The molecule has 1 aliphatic rings. The second-order valence-corrected chi connectivity index (χ2v) is 4.91. The zero-order valence-electron chi connectivity index (χ0n) is 11.2. The number of aliphatic hydroxyl groups excluding tert-OH is 4. The molecule has 7 N–H and O–H groups in total. The zero-order chi connectivity index (χ0) is 16.4. The second-order valence-electron chi connectivity index (χ2n) is 4.91. The van der Waals surface area contributed by atoms with Crippen LogP contribution in [0.3, 0.4) is 0 Å².